The highest BCUT2D eigenvalue weighted by Crippen LogP contribution is 1.91. The van der Waals surface area contributed by atoms with Gasteiger partial charge in [-0.05, 0) is 26.8 Å². The minimum Gasteiger partial charge on any atom is -0.409 e. The van der Waals surface area contributed by atoms with Gasteiger partial charge in [-0.25, -0.2) is 0 Å². The number of hydrogen-bond donors (Lipinski definition) is 3. The van der Waals surface area contributed by atoms with E-state index in [2.05, 4.69) is 16.5 Å². The molecule has 13 heavy (non-hydrogen) atoms. The molecule has 0 bridgehead atoms. The third-order valence-electron chi connectivity index (χ3n) is 1.68. The van der Waals surface area contributed by atoms with Gasteiger partial charge in [0.15, 0.2) is 0 Å². The van der Waals surface area contributed by atoms with E-state index in [4.69, 9.17) is 10.9 Å². The van der Waals surface area contributed by atoms with Crippen LogP contribution in [0, 0.1) is 0 Å². The second-order valence-electron chi connectivity index (χ2n) is 3.01. The lowest BCUT2D eigenvalue weighted by Crippen LogP contribution is -2.31. The van der Waals surface area contributed by atoms with Crippen LogP contribution < -0.4 is 11.1 Å². The van der Waals surface area contributed by atoms with E-state index in [9.17, 15) is 0 Å². The van der Waals surface area contributed by atoms with Crippen LogP contribution in [0.25, 0.3) is 0 Å². The molecule has 1 atom stereocenters. The maximum Gasteiger partial charge on any atom is 0.140 e. The van der Waals surface area contributed by atoms with Crippen LogP contribution in [0.1, 0.15) is 26.7 Å². The highest BCUT2D eigenvalue weighted by atomic mass is 16.4. The molecular weight excluding hydrogens is 166 g/mol. The van der Waals surface area contributed by atoms with Gasteiger partial charge in [0, 0.05) is 12.5 Å². The number of rotatable bonds is 6. The molecule has 1 unspecified atom stereocenters. The Morgan fingerprint density at radius 2 is 2.38 bits per heavy atom. The first kappa shape index (κ1) is 12.0. The third kappa shape index (κ3) is 7.33. The van der Waals surface area contributed by atoms with E-state index < -0.39 is 0 Å². The molecule has 0 spiro atoms. The average Bonchev–Trinajstić information content (AvgIpc) is 2.12. The Bertz CT molecular complexity index is 178. The van der Waals surface area contributed by atoms with Crippen LogP contribution in [0.4, 0.5) is 0 Å². The first-order valence-corrected chi connectivity index (χ1v) is 4.51. The standard InChI is InChI=1S/C9H19N3O/c1-3-4-5-6-11-8(2)7-9(10)12-13/h3-4,8,11,13H,5-7H2,1-2H3,(H2,10,12)/b4-3+. The van der Waals surface area contributed by atoms with E-state index in [1.807, 2.05) is 19.9 Å². The van der Waals surface area contributed by atoms with Gasteiger partial charge in [0.1, 0.15) is 5.84 Å². The summed E-state index contributed by atoms with van der Waals surface area (Å²) in [6, 6.07) is 0.251. The van der Waals surface area contributed by atoms with Crippen molar-refractivity contribution in [2.75, 3.05) is 6.54 Å². The van der Waals surface area contributed by atoms with Gasteiger partial charge in [-0.3, -0.25) is 0 Å². The molecule has 0 aromatic rings. The van der Waals surface area contributed by atoms with Gasteiger partial charge in [-0.2, -0.15) is 0 Å². The van der Waals surface area contributed by atoms with Crippen LogP contribution in [-0.2, 0) is 0 Å². The summed E-state index contributed by atoms with van der Waals surface area (Å²) in [7, 11) is 0. The summed E-state index contributed by atoms with van der Waals surface area (Å²) in [6.07, 6.45) is 5.71. The second-order valence-corrected chi connectivity index (χ2v) is 3.01. The molecule has 0 saturated carbocycles. The van der Waals surface area contributed by atoms with Crippen LogP contribution in [0.3, 0.4) is 0 Å². The van der Waals surface area contributed by atoms with E-state index >= 15 is 0 Å². The summed E-state index contributed by atoms with van der Waals surface area (Å²) >= 11 is 0. The number of nitrogens with two attached hydrogens (primary N) is 1. The fraction of sp³-hybridized carbons (Fsp3) is 0.667. The molecule has 0 saturated heterocycles. The van der Waals surface area contributed by atoms with Crippen LogP contribution in [0.15, 0.2) is 17.3 Å². The minimum atomic E-state index is 0.251. The molecule has 0 aromatic heterocycles. The van der Waals surface area contributed by atoms with E-state index in [1.54, 1.807) is 0 Å². The molecule has 0 heterocycles. The topological polar surface area (TPSA) is 70.6 Å². The van der Waals surface area contributed by atoms with Crippen molar-refractivity contribution in [3.63, 3.8) is 0 Å². The normalized spacial score (nSPS) is 15.1. The molecule has 0 amide bonds. The minimum absolute atomic E-state index is 0.251. The van der Waals surface area contributed by atoms with Gasteiger partial charge >= 0.3 is 0 Å². The SMILES string of the molecule is C/C=C/CCNC(C)C/C(N)=N/O. The predicted octanol–water partition coefficient (Wildman–Crippen LogP) is 1.07. The Labute approximate surface area is 79.5 Å². The lowest BCUT2D eigenvalue weighted by Gasteiger charge is -2.11. The summed E-state index contributed by atoms with van der Waals surface area (Å²) in [5.41, 5.74) is 5.35. The quantitative estimate of drug-likeness (QED) is 0.145. The Kier molecular flexibility index (Phi) is 7.01. The smallest absolute Gasteiger partial charge is 0.140 e. The van der Waals surface area contributed by atoms with Crippen molar-refractivity contribution in [2.45, 2.75) is 32.7 Å². The van der Waals surface area contributed by atoms with E-state index in [0.29, 0.717) is 6.42 Å². The van der Waals surface area contributed by atoms with E-state index in [-0.39, 0.29) is 11.9 Å². The molecule has 4 N–H and O–H groups in total. The predicted molar refractivity (Wildman–Crippen MR) is 54.9 cm³/mol. The Morgan fingerprint density at radius 1 is 1.69 bits per heavy atom. The van der Waals surface area contributed by atoms with Gasteiger partial charge in [-0.15, -0.1) is 0 Å². The lowest BCUT2D eigenvalue weighted by atomic mass is 10.2. The highest BCUT2D eigenvalue weighted by Gasteiger charge is 2.02. The monoisotopic (exact) mass is 185 g/mol. The van der Waals surface area contributed by atoms with Crippen LogP contribution in [0.2, 0.25) is 0 Å². The molecule has 0 aliphatic heterocycles. The summed E-state index contributed by atoms with van der Waals surface area (Å²) < 4.78 is 0. The fourth-order valence-electron chi connectivity index (χ4n) is 1.01. The van der Waals surface area contributed by atoms with Crippen molar-refractivity contribution in [2.24, 2.45) is 10.9 Å². The van der Waals surface area contributed by atoms with Crippen LogP contribution in [-0.4, -0.2) is 23.6 Å². The maximum absolute atomic E-state index is 8.32. The van der Waals surface area contributed by atoms with Crippen molar-refractivity contribution >= 4 is 5.84 Å². The van der Waals surface area contributed by atoms with Gasteiger partial charge in [-0.1, -0.05) is 17.3 Å². The lowest BCUT2D eigenvalue weighted by molar-refractivity contribution is 0.316. The first-order valence-electron chi connectivity index (χ1n) is 4.51. The molecule has 0 rings (SSSR count). The van der Waals surface area contributed by atoms with Gasteiger partial charge in [0.2, 0.25) is 0 Å². The van der Waals surface area contributed by atoms with Crippen LogP contribution >= 0.6 is 0 Å². The van der Waals surface area contributed by atoms with Crippen molar-refractivity contribution in [3.05, 3.63) is 12.2 Å². The zero-order valence-corrected chi connectivity index (χ0v) is 8.33. The molecule has 0 aliphatic carbocycles. The Morgan fingerprint density at radius 3 is 2.92 bits per heavy atom. The van der Waals surface area contributed by atoms with Crippen LogP contribution in [0.5, 0.6) is 0 Å². The largest absolute Gasteiger partial charge is 0.409 e. The van der Waals surface area contributed by atoms with Crippen molar-refractivity contribution in [1.82, 2.24) is 5.32 Å². The zero-order valence-electron chi connectivity index (χ0n) is 8.33. The Balaban J connectivity index is 3.45. The molecule has 4 nitrogen and oxygen atoms in total. The number of nitrogens with zero attached hydrogens (tertiary/aromatic N) is 1. The number of hydrogen-bond acceptors (Lipinski definition) is 3. The summed E-state index contributed by atoms with van der Waals surface area (Å²) in [6.45, 7) is 4.93. The van der Waals surface area contributed by atoms with E-state index in [1.165, 1.54) is 0 Å². The molecule has 4 heteroatoms. The summed E-state index contributed by atoms with van der Waals surface area (Å²) in [5.74, 6) is 0.269. The number of oxime groups is 1. The summed E-state index contributed by atoms with van der Waals surface area (Å²) in [5, 5.41) is 14.5. The molecule has 0 radical (unpaired) electrons. The van der Waals surface area contributed by atoms with Gasteiger partial charge in [0.05, 0.1) is 0 Å². The van der Waals surface area contributed by atoms with Crippen molar-refractivity contribution in [1.29, 1.82) is 0 Å². The zero-order chi connectivity index (χ0) is 10.1. The maximum atomic E-state index is 8.32. The van der Waals surface area contributed by atoms with E-state index in [0.717, 1.165) is 13.0 Å². The highest BCUT2D eigenvalue weighted by molar-refractivity contribution is 5.80. The number of amidine groups is 1. The third-order valence-corrected chi connectivity index (χ3v) is 1.68. The molecular formula is C9H19N3O. The summed E-state index contributed by atoms with van der Waals surface area (Å²) in [4.78, 5) is 0. The number of nitrogens with one attached hydrogen (secondary N) is 1. The molecule has 0 aliphatic rings. The number of allylic oxidation sites excluding steroid dienone is 1. The molecule has 0 fully saturated rings. The first-order chi connectivity index (χ1) is 6.20. The molecule has 76 valence electrons. The fourth-order valence-corrected chi connectivity index (χ4v) is 1.01. The average molecular weight is 185 g/mol. The van der Waals surface area contributed by atoms with Gasteiger partial charge < -0.3 is 16.3 Å². The Hall–Kier alpha value is -1.03. The molecule has 0 aromatic carbocycles. The van der Waals surface area contributed by atoms with Gasteiger partial charge in [0.25, 0.3) is 0 Å². The second kappa shape index (κ2) is 7.61. The van der Waals surface area contributed by atoms with Crippen molar-refractivity contribution in [3.8, 4) is 0 Å². The van der Waals surface area contributed by atoms with Crippen molar-refractivity contribution < 1.29 is 5.21 Å².